The SMILES string of the molecule is C[C@H](CO)NCc1ccc2c(c1)nc(NC(=O)c1ccc(-c3cnco3)s1)n2C[C@H]1CCCN1C(=O)/C(C#N)=C\C(C)(C)C. The number of hydrogen-bond acceptors (Lipinski definition) is 9. The number of rotatable bonds is 10. The molecule has 1 fully saturated rings. The second-order valence-electron chi connectivity index (χ2n) is 12.1. The number of amides is 2. The van der Waals surface area contributed by atoms with E-state index in [0.29, 0.717) is 41.7 Å². The van der Waals surface area contributed by atoms with Crippen LogP contribution in [0.2, 0.25) is 0 Å². The Morgan fingerprint density at radius 1 is 1.30 bits per heavy atom. The van der Waals surface area contributed by atoms with Gasteiger partial charge in [0.2, 0.25) is 5.95 Å². The van der Waals surface area contributed by atoms with Crippen molar-refractivity contribution in [2.24, 2.45) is 5.41 Å². The molecule has 2 atom stereocenters. The molecule has 1 aromatic carbocycles. The number of nitrogens with one attached hydrogen (secondary N) is 2. The molecule has 0 radical (unpaired) electrons. The fourth-order valence-corrected chi connectivity index (χ4v) is 6.10. The van der Waals surface area contributed by atoms with Crippen LogP contribution in [-0.2, 0) is 17.9 Å². The molecule has 5 rings (SSSR count). The largest absolute Gasteiger partial charge is 0.443 e. The number of hydrogen-bond donors (Lipinski definition) is 3. The summed E-state index contributed by atoms with van der Waals surface area (Å²) in [6.07, 6.45) is 6.26. The lowest BCUT2D eigenvalue weighted by Crippen LogP contribution is -2.39. The van der Waals surface area contributed by atoms with Gasteiger partial charge in [0.15, 0.2) is 12.2 Å². The minimum atomic E-state index is -0.315. The number of thiophene rings is 1. The van der Waals surface area contributed by atoms with Crippen LogP contribution >= 0.6 is 11.3 Å². The highest BCUT2D eigenvalue weighted by atomic mass is 32.1. The number of likely N-dealkylation sites (tertiary alicyclic amines) is 1. The number of anilines is 1. The molecule has 0 saturated carbocycles. The quantitative estimate of drug-likeness (QED) is 0.167. The predicted molar refractivity (Wildman–Crippen MR) is 169 cm³/mol. The Labute approximate surface area is 260 Å². The van der Waals surface area contributed by atoms with Crippen LogP contribution in [0.1, 0.15) is 55.8 Å². The van der Waals surface area contributed by atoms with Gasteiger partial charge in [0.25, 0.3) is 11.8 Å². The van der Waals surface area contributed by atoms with Crippen LogP contribution in [0.15, 0.2) is 59.0 Å². The second kappa shape index (κ2) is 13.1. The molecule has 2 amide bonds. The molecule has 0 bridgehead atoms. The first-order valence-electron chi connectivity index (χ1n) is 14.6. The number of aliphatic hydroxyl groups excluding tert-OH is 1. The van der Waals surface area contributed by atoms with E-state index in [4.69, 9.17) is 9.40 Å². The Morgan fingerprint density at radius 2 is 2.11 bits per heavy atom. The molecule has 44 heavy (non-hydrogen) atoms. The maximum absolute atomic E-state index is 13.5. The zero-order chi connectivity index (χ0) is 31.4. The molecule has 12 heteroatoms. The molecule has 230 valence electrons. The van der Waals surface area contributed by atoms with Gasteiger partial charge in [-0.1, -0.05) is 32.9 Å². The molecule has 0 spiro atoms. The summed E-state index contributed by atoms with van der Waals surface area (Å²) in [5, 5.41) is 25.4. The van der Waals surface area contributed by atoms with E-state index in [-0.39, 0.29) is 41.5 Å². The van der Waals surface area contributed by atoms with Crippen LogP contribution in [0.4, 0.5) is 5.95 Å². The Hall–Kier alpha value is -4.31. The monoisotopic (exact) mass is 615 g/mol. The molecule has 0 unspecified atom stereocenters. The molecule has 1 aliphatic rings. The zero-order valence-electron chi connectivity index (χ0n) is 25.3. The smallest absolute Gasteiger partial charge is 0.268 e. The normalized spacial score (nSPS) is 16.3. The molecular weight excluding hydrogens is 578 g/mol. The van der Waals surface area contributed by atoms with Crippen LogP contribution < -0.4 is 10.6 Å². The fraction of sp³-hybridized carbons (Fsp3) is 0.406. The van der Waals surface area contributed by atoms with E-state index in [9.17, 15) is 20.0 Å². The van der Waals surface area contributed by atoms with Gasteiger partial charge in [-0.25, -0.2) is 9.97 Å². The maximum Gasteiger partial charge on any atom is 0.268 e. The number of benzene rings is 1. The van der Waals surface area contributed by atoms with Crippen LogP contribution in [-0.4, -0.2) is 61.6 Å². The summed E-state index contributed by atoms with van der Waals surface area (Å²) in [4.78, 5) is 38.8. The summed E-state index contributed by atoms with van der Waals surface area (Å²) in [7, 11) is 0. The molecule has 0 aliphatic carbocycles. The van der Waals surface area contributed by atoms with Gasteiger partial charge in [0, 0.05) is 25.7 Å². The van der Waals surface area contributed by atoms with Crippen molar-refractivity contribution in [3.05, 3.63) is 65.0 Å². The second-order valence-corrected chi connectivity index (χ2v) is 13.2. The first-order valence-corrected chi connectivity index (χ1v) is 15.5. The van der Waals surface area contributed by atoms with Crippen molar-refractivity contribution in [3.8, 4) is 16.7 Å². The molecule has 4 aromatic rings. The molecule has 1 saturated heterocycles. The topological polar surface area (TPSA) is 149 Å². The lowest BCUT2D eigenvalue weighted by atomic mass is 9.93. The number of allylic oxidation sites excluding steroid dienone is 1. The van der Waals surface area contributed by atoms with Crippen LogP contribution in [0, 0.1) is 16.7 Å². The first-order chi connectivity index (χ1) is 21.1. The zero-order valence-corrected chi connectivity index (χ0v) is 26.1. The highest BCUT2D eigenvalue weighted by Crippen LogP contribution is 2.30. The molecule has 4 heterocycles. The third kappa shape index (κ3) is 7.07. The Bertz CT molecular complexity index is 1710. The van der Waals surface area contributed by atoms with Crippen molar-refractivity contribution < 1.29 is 19.1 Å². The number of nitriles is 1. The number of carbonyl (C=O) groups excluding carboxylic acids is 2. The lowest BCUT2D eigenvalue weighted by Gasteiger charge is -2.26. The number of aromatic nitrogens is 3. The molecule has 11 nitrogen and oxygen atoms in total. The van der Waals surface area contributed by atoms with Gasteiger partial charge in [-0.05, 0) is 55.0 Å². The van der Waals surface area contributed by atoms with E-state index in [2.05, 4.69) is 21.7 Å². The van der Waals surface area contributed by atoms with Crippen molar-refractivity contribution >= 4 is 40.1 Å². The lowest BCUT2D eigenvalue weighted by molar-refractivity contribution is -0.127. The van der Waals surface area contributed by atoms with E-state index < -0.39 is 0 Å². The molecule has 3 aromatic heterocycles. The van der Waals surface area contributed by atoms with Gasteiger partial charge in [-0.3, -0.25) is 14.9 Å². The van der Waals surface area contributed by atoms with Crippen molar-refractivity contribution in [1.29, 1.82) is 5.26 Å². The first kappa shape index (κ1) is 31.1. The predicted octanol–water partition coefficient (Wildman–Crippen LogP) is 4.96. The van der Waals surface area contributed by atoms with Crippen LogP contribution in [0.25, 0.3) is 21.7 Å². The third-order valence-corrected chi connectivity index (χ3v) is 8.53. The van der Waals surface area contributed by atoms with E-state index in [1.165, 1.54) is 17.7 Å². The number of oxazole rings is 1. The summed E-state index contributed by atoms with van der Waals surface area (Å²) in [6, 6.07) is 11.3. The average molecular weight is 616 g/mol. The third-order valence-electron chi connectivity index (χ3n) is 7.43. The summed E-state index contributed by atoms with van der Waals surface area (Å²) in [5.41, 5.74) is 2.33. The number of carbonyl (C=O) groups is 2. The fourth-order valence-electron chi connectivity index (χ4n) is 5.25. The standard InChI is InChI=1S/C32H37N7O4S/c1-20(18-40)35-15-21-7-8-25-24(12-21)36-31(37-29(41)28-10-9-27(44-28)26-16-34-19-43-26)39(25)17-23-6-5-11-38(23)30(42)22(14-33)13-32(2,3)4/h7-10,12-13,16,19-20,23,35,40H,5-6,11,15,17-18H2,1-4H3,(H,36,37,41)/b22-13-/t20-,23-/m1/s1. The van der Waals surface area contributed by atoms with E-state index in [1.807, 2.05) is 56.5 Å². The van der Waals surface area contributed by atoms with Gasteiger partial charge < -0.3 is 24.3 Å². The van der Waals surface area contributed by atoms with Gasteiger partial charge in [0.05, 0.1) is 39.6 Å². The number of imidazole rings is 1. The minimum Gasteiger partial charge on any atom is -0.443 e. The number of nitrogens with zero attached hydrogens (tertiary/aromatic N) is 5. The van der Waals surface area contributed by atoms with Crippen molar-refractivity contribution in [3.63, 3.8) is 0 Å². The molecule has 3 N–H and O–H groups in total. The average Bonchev–Trinajstić information content (AvgIpc) is 3.81. The highest BCUT2D eigenvalue weighted by Gasteiger charge is 2.32. The highest BCUT2D eigenvalue weighted by molar-refractivity contribution is 7.17. The molecular formula is C32H37N7O4S. The Morgan fingerprint density at radius 3 is 2.82 bits per heavy atom. The summed E-state index contributed by atoms with van der Waals surface area (Å²) < 4.78 is 7.32. The number of aliphatic hydroxyl groups is 1. The molecule has 1 aliphatic heterocycles. The maximum atomic E-state index is 13.5. The number of fused-ring (bicyclic) bond motifs is 1. The van der Waals surface area contributed by atoms with Crippen molar-refractivity contribution in [2.75, 3.05) is 18.5 Å². The minimum absolute atomic E-state index is 0.0307. The van der Waals surface area contributed by atoms with E-state index in [1.54, 1.807) is 23.2 Å². The van der Waals surface area contributed by atoms with Gasteiger partial charge in [-0.2, -0.15) is 5.26 Å². The summed E-state index contributed by atoms with van der Waals surface area (Å²) >= 11 is 1.29. The van der Waals surface area contributed by atoms with Crippen molar-refractivity contribution in [1.82, 2.24) is 24.8 Å². The van der Waals surface area contributed by atoms with Gasteiger partial charge >= 0.3 is 0 Å². The van der Waals surface area contributed by atoms with Crippen LogP contribution in [0.5, 0.6) is 0 Å². The van der Waals surface area contributed by atoms with Crippen LogP contribution in [0.3, 0.4) is 0 Å². The summed E-state index contributed by atoms with van der Waals surface area (Å²) in [6.45, 7) is 9.32. The van der Waals surface area contributed by atoms with E-state index in [0.717, 1.165) is 28.8 Å². The van der Waals surface area contributed by atoms with Gasteiger partial charge in [-0.15, -0.1) is 11.3 Å². The van der Waals surface area contributed by atoms with Crippen molar-refractivity contribution in [2.45, 2.75) is 65.7 Å². The Balaban J connectivity index is 1.45. The van der Waals surface area contributed by atoms with Gasteiger partial charge in [0.1, 0.15) is 11.6 Å². The van der Waals surface area contributed by atoms with E-state index >= 15 is 0 Å². The Kier molecular flexibility index (Phi) is 9.29. The summed E-state index contributed by atoms with van der Waals surface area (Å²) in [5.74, 6) is 0.375.